The normalized spacial score (nSPS) is 11.9. The van der Waals surface area contributed by atoms with Crippen LogP contribution in [0.3, 0.4) is 0 Å². The van der Waals surface area contributed by atoms with Crippen molar-refractivity contribution in [1.29, 1.82) is 0 Å². The molecule has 13 heteroatoms. The number of halogens is 8. The summed E-state index contributed by atoms with van der Waals surface area (Å²) < 4.78 is 119. The lowest BCUT2D eigenvalue weighted by Gasteiger charge is -2.31. The smallest absolute Gasteiger partial charge is 0.381 e. The van der Waals surface area contributed by atoms with Crippen molar-refractivity contribution in [2.75, 3.05) is 13.2 Å². The van der Waals surface area contributed by atoms with Gasteiger partial charge in [0.2, 0.25) is 0 Å². The first kappa shape index (κ1) is 38.8. The molecule has 0 bridgehead atoms. The lowest BCUT2D eigenvalue weighted by atomic mass is 10.1. The number of alkyl halides is 8. The molecule has 0 amide bonds. The van der Waals surface area contributed by atoms with Crippen LogP contribution in [0, 0.1) is 11.8 Å². The molecule has 264 valence electrons. The van der Waals surface area contributed by atoms with E-state index in [9.17, 15) is 44.7 Å². The number of ether oxygens (including phenoxy) is 3. The molecular formula is C36H34F8O5. The molecule has 0 spiro atoms. The molecule has 0 fully saturated rings. The first-order valence-corrected chi connectivity index (χ1v) is 15.4. The largest absolute Gasteiger partial charge is 0.494 e. The molecule has 0 aromatic heterocycles. The highest BCUT2D eigenvalue weighted by Gasteiger charge is 2.75. The first-order valence-electron chi connectivity index (χ1n) is 15.4. The summed E-state index contributed by atoms with van der Waals surface area (Å²) in [5, 5.41) is 0. The van der Waals surface area contributed by atoms with Gasteiger partial charge in [-0.25, -0.2) is 18.4 Å². The first-order chi connectivity index (χ1) is 23.2. The molecule has 0 aliphatic rings. The van der Waals surface area contributed by atoms with E-state index in [1.807, 2.05) is 24.3 Å². The predicted octanol–water partition coefficient (Wildman–Crippen LogP) is 9.76. The van der Waals surface area contributed by atoms with Gasteiger partial charge in [-0.1, -0.05) is 57.3 Å². The molecular weight excluding hydrogens is 664 g/mol. The molecule has 49 heavy (non-hydrogen) atoms. The maximum Gasteiger partial charge on any atom is 0.381 e. The third-order valence-corrected chi connectivity index (χ3v) is 7.18. The highest BCUT2D eigenvalue weighted by molar-refractivity contribution is 5.92. The number of unbranched alkanes of at least 4 members (excludes halogenated alkanes) is 6. The number of carbonyl (C=O) groups is 2. The standard InChI is InChI=1S/C36H34F8O5/c1-2-3-4-5-6-7-8-23-47-29-19-13-26(14-20-29)10-9-25-11-15-28(16-12-25)32(46)49-30-21-17-27(18-22-30)31(45)48-24-34(39,40)36(43,44)35(41,42)33(37)38/h11-22,33H,2-8,23-24H2,1H3. The lowest BCUT2D eigenvalue weighted by molar-refractivity contribution is -0.343. The Labute approximate surface area is 278 Å². The Morgan fingerprint density at radius 2 is 1.12 bits per heavy atom. The van der Waals surface area contributed by atoms with E-state index in [2.05, 4.69) is 23.5 Å². The molecule has 0 saturated carbocycles. The van der Waals surface area contributed by atoms with E-state index in [0.29, 0.717) is 12.2 Å². The quantitative estimate of drug-likeness (QED) is 0.0462. The maximum absolute atomic E-state index is 13.6. The monoisotopic (exact) mass is 698 g/mol. The molecule has 0 heterocycles. The van der Waals surface area contributed by atoms with Crippen molar-refractivity contribution in [3.05, 3.63) is 95.1 Å². The highest BCUT2D eigenvalue weighted by atomic mass is 19.4. The van der Waals surface area contributed by atoms with Crippen LogP contribution in [0.5, 0.6) is 11.5 Å². The Balaban J connectivity index is 1.47. The van der Waals surface area contributed by atoms with E-state index >= 15 is 0 Å². The Morgan fingerprint density at radius 3 is 1.67 bits per heavy atom. The second kappa shape index (κ2) is 17.7. The van der Waals surface area contributed by atoms with Crippen molar-refractivity contribution in [2.45, 2.75) is 76.1 Å². The maximum atomic E-state index is 13.6. The van der Waals surface area contributed by atoms with Crippen LogP contribution in [0.4, 0.5) is 35.1 Å². The molecule has 3 aromatic rings. The molecule has 0 radical (unpaired) electrons. The molecule has 5 nitrogen and oxygen atoms in total. The summed E-state index contributed by atoms with van der Waals surface area (Å²) in [5.41, 5.74) is 1.01. The van der Waals surface area contributed by atoms with Crippen molar-refractivity contribution >= 4 is 11.9 Å². The van der Waals surface area contributed by atoms with Gasteiger partial charge in [0.25, 0.3) is 0 Å². The summed E-state index contributed by atoms with van der Waals surface area (Å²) >= 11 is 0. The zero-order valence-electron chi connectivity index (χ0n) is 26.4. The number of hydrogen-bond acceptors (Lipinski definition) is 5. The molecule has 0 saturated heterocycles. The van der Waals surface area contributed by atoms with E-state index in [1.165, 1.54) is 44.2 Å². The summed E-state index contributed by atoms with van der Waals surface area (Å²) in [6.45, 7) is 0.255. The van der Waals surface area contributed by atoms with E-state index < -0.39 is 48.3 Å². The minimum Gasteiger partial charge on any atom is -0.494 e. The molecule has 0 unspecified atom stereocenters. The Kier molecular flexibility index (Phi) is 14.0. The average Bonchev–Trinajstić information content (AvgIpc) is 3.08. The number of carbonyl (C=O) groups excluding carboxylic acids is 2. The summed E-state index contributed by atoms with van der Waals surface area (Å²) in [7, 11) is 0. The average molecular weight is 699 g/mol. The molecule has 3 aromatic carbocycles. The molecule has 0 N–H and O–H groups in total. The zero-order chi connectivity index (χ0) is 36.1. The van der Waals surface area contributed by atoms with Gasteiger partial charge in [0, 0.05) is 11.1 Å². The van der Waals surface area contributed by atoms with Gasteiger partial charge in [-0.2, -0.15) is 26.3 Å². The van der Waals surface area contributed by atoms with Crippen LogP contribution in [-0.2, 0) is 4.74 Å². The van der Waals surface area contributed by atoms with Crippen molar-refractivity contribution in [3.63, 3.8) is 0 Å². The summed E-state index contributed by atoms with van der Waals surface area (Å²) in [4.78, 5) is 24.5. The van der Waals surface area contributed by atoms with Crippen LogP contribution in [0.1, 0.15) is 83.7 Å². The minimum absolute atomic E-state index is 0.103. The summed E-state index contributed by atoms with van der Waals surface area (Å²) in [5.74, 6) is -14.5. The molecule has 0 atom stereocenters. The van der Waals surface area contributed by atoms with Crippen molar-refractivity contribution in [2.24, 2.45) is 0 Å². The predicted molar refractivity (Wildman–Crippen MR) is 165 cm³/mol. The number of benzene rings is 3. The van der Waals surface area contributed by atoms with E-state index in [4.69, 9.17) is 9.47 Å². The van der Waals surface area contributed by atoms with E-state index in [-0.39, 0.29) is 11.3 Å². The molecule has 3 rings (SSSR count). The number of rotatable bonds is 17. The minimum atomic E-state index is -6.51. The van der Waals surface area contributed by atoms with Crippen LogP contribution in [0.15, 0.2) is 72.8 Å². The fourth-order valence-electron chi connectivity index (χ4n) is 4.25. The Morgan fingerprint density at radius 1 is 0.653 bits per heavy atom. The SMILES string of the molecule is CCCCCCCCCOc1ccc(C#Cc2ccc(C(=O)Oc3ccc(C(=O)OCC(F)(F)C(F)(F)C(F)(F)C(F)F)cc3)cc2)cc1. The molecule has 0 aliphatic carbocycles. The summed E-state index contributed by atoms with van der Waals surface area (Å²) in [6, 6.07) is 17.5. The van der Waals surface area contributed by atoms with E-state index in [1.54, 1.807) is 12.1 Å². The third kappa shape index (κ3) is 11.0. The third-order valence-electron chi connectivity index (χ3n) is 7.18. The lowest BCUT2D eigenvalue weighted by Crippen LogP contribution is -2.59. The van der Waals surface area contributed by atoms with Gasteiger partial charge < -0.3 is 14.2 Å². The van der Waals surface area contributed by atoms with Crippen molar-refractivity contribution < 1.29 is 58.9 Å². The van der Waals surface area contributed by atoms with Crippen LogP contribution in [-0.4, -0.2) is 49.3 Å². The second-order valence-electron chi connectivity index (χ2n) is 11.0. The number of hydrogen-bond donors (Lipinski definition) is 0. The Hall–Kier alpha value is -4.60. The van der Waals surface area contributed by atoms with Crippen LogP contribution >= 0.6 is 0 Å². The second-order valence-corrected chi connectivity index (χ2v) is 11.0. The number of esters is 2. The highest BCUT2D eigenvalue weighted by Crippen LogP contribution is 2.48. The van der Waals surface area contributed by atoms with Crippen molar-refractivity contribution in [3.8, 4) is 23.3 Å². The van der Waals surface area contributed by atoms with Gasteiger partial charge in [-0.05, 0) is 79.2 Å². The summed E-state index contributed by atoms with van der Waals surface area (Å²) in [6.07, 6.45) is 3.33. The van der Waals surface area contributed by atoms with Gasteiger partial charge in [0.1, 0.15) is 11.5 Å². The van der Waals surface area contributed by atoms with E-state index in [0.717, 1.165) is 48.4 Å². The van der Waals surface area contributed by atoms with Crippen LogP contribution < -0.4 is 9.47 Å². The molecule has 0 aliphatic heterocycles. The van der Waals surface area contributed by atoms with Crippen LogP contribution in [0.25, 0.3) is 0 Å². The fraction of sp³-hybridized carbons (Fsp3) is 0.389. The Bertz CT molecular complexity index is 1560. The fourth-order valence-corrected chi connectivity index (χ4v) is 4.25. The topological polar surface area (TPSA) is 61.8 Å². The van der Waals surface area contributed by atoms with Gasteiger partial charge in [0.05, 0.1) is 17.7 Å². The van der Waals surface area contributed by atoms with Gasteiger partial charge in [-0.3, -0.25) is 0 Å². The van der Waals surface area contributed by atoms with Gasteiger partial charge in [-0.15, -0.1) is 0 Å². The zero-order valence-corrected chi connectivity index (χ0v) is 26.4. The van der Waals surface area contributed by atoms with Crippen molar-refractivity contribution in [1.82, 2.24) is 0 Å². The van der Waals surface area contributed by atoms with Gasteiger partial charge in [0.15, 0.2) is 6.61 Å². The van der Waals surface area contributed by atoms with Crippen LogP contribution in [0.2, 0.25) is 0 Å². The van der Waals surface area contributed by atoms with Gasteiger partial charge >= 0.3 is 36.1 Å².